The van der Waals surface area contributed by atoms with Crippen LogP contribution < -0.4 is 0 Å². The Labute approximate surface area is 80.4 Å². The first-order valence-electron chi connectivity index (χ1n) is 4.99. The van der Waals surface area contributed by atoms with Crippen LogP contribution in [0.4, 0.5) is 4.20 Å². The molecule has 0 N–H and O–H groups in total. The normalized spacial score (nSPS) is 18.2. The Kier molecular flexibility index (Phi) is 6.62. The summed E-state index contributed by atoms with van der Waals surface area (Å²) in [6.45, 7) is 5.43. The third kappa shape index (κ3) is 7.21. The second-order valence-electron chi connectivity index (χ2n) is 3.32. The molecule has 0 saturated heterocycles. The van der Waals surface area contributed by atoms with Gasteiger partial charge < -0.3 is 4.52 Å². The second-order valence-corrected chi connectivity index (χ2v) is 5.34. The fourth-order valence-electron chi connectivity index (χ4n) is 1.08. The molecule has 0 radical (unpaired) electrons. The van der Waals surface area contributed by atoms with Gasteiger partial charge in [-0.15, -0.1) is 0 Å². The van der Waals surface area contributed by atoms with Gasteiger partial charge in [-0.1, -0.05) is 33.1 Å². The van der Waals surface area contributed by atoms with Gasteiger partial charge in [0.15, 0.2) is 0 Å². The van der Waals surface area contributed by atoms with E-state index in [1.54, 1.807) is 13.8 Å². The van der Waals surface area contributed by atoms with Crippen LogP contribution in [0.3, 0.4) is 0 Å². The summed E-state index contributed by atoms with van der Waals surface area (Å²) in [5.41, 5.74) is 0. The van der Waals surface area contributed by atoms with Crippen molar-refractivity contribution in [2.24, 2.45) is 0 Å². The molecule has 0 spiro atoms. The first-order chi connectivity index (χ1) is 6.02. The molecule has 0 aliphatic rings. The predicted molar refractivity (Wildman–Crippen MR) is 53.9 cm³/mol. The van der Waals surface area contributed by atoms with Crippen molar-refractivity contribution in [2.45, 2.75) is 52.6 Å². The summed E-state index contributed by atoms with van der Waals surface area (Å²) in [4.78, 5) is 0. The number of hydrogen-bond donors (Lipinski definition) is 0. The van der Waals surface area contributed by atoms with Gasteiger partial charge >= 0.3 is 7.68 Å². The molecule has 0 bridgehead atoms. The SMILES string of the molecule is CCCCCC(C)OP(=O)(F)CC. The van der Waals surface area contributed by atoms with Crippen molar-refractivity contribution in [1.29, 1.82) is 0 Å². The molecular formula is C9H20FO2P. The van der Waals surface area contributed by atoms with Crippen LogP contribution in [0, 0.1) is 0 Å². The van der Waals surface area contributed by atoms with Gasteiger partial charge in [-0.25, -0.2) is 0 Å². The maximum absolute atomic E-state index is 12.9. The standard InChI is InChI=1S/C9H20FO2P/c1-4-6-7-8-9(3)12-13(10,11)5-2/h9H,4-8H2,1-3H3. The highest BCUT2D eigenvalue weighted by Crippen LogP contribution is 2.49. The van der Waals surface area contributed by atoms with Gasteiger partial charge in [-0.05, 0) is 13.3 Å². The monoisotopic (exact) mass is 210 g/mol. The predicted octanol–water partition coefficient (Wildman–Crippen LogP) is 4.15. The zero-order chi connectivity index (χ0) is 10.3. The first-order valence-corrected chi connectivity index (χ1v) is 6.69. The molecule has 13 heavy (non-hydrogen) atoms. The molecule has 0 fully saturated rings. The second kappa shape index (κ2) is 6.56. The Morgan fingerprint density at radius 1 is 1.38 bits per heavy atom. The van der Waals surface area contributed by atoms with Crippen molar-refractivity contribution in [3.8, 4) is 0 Å². The highest BCUT2D eigenvalue weighted by atomic mass is 31.2. The van der Waals surface area contributed by atoms with Crippen molar-refractivity contribution in [3.05, 3.63) is 0 Å². The third-order valence-corrected chi connectivity index (χ3v) is 3.36. The van der Waals surface area contributed by atoms with E-state index in [9.17, 15) is 8.76 Å². The summed E-state index contributed by atoms with van der Waals surface area (Å²) < 4.78 is 28.7. The molecule has 0 heterocycles. The van der Waals surface area contributed by atoms with Crippen LogP contribution in [-0.2, 0) is 9.09 Å². The van der Waals surface area contributed by atoms with Crippen LogP contribution in [-0.4, -0.2) is 12.3 Å². The van der Waals surface area contributed by atoms with Gasteiger partial charge in [0.1, 0.15) is 0 Å². The molecule has 2 unspecified atom stereocenters. The number of rotatable bonds is 7. The molecule has 0 aliphatic carbocycles. The van der Waals surface area contributed by atoms with Crippen LogP contribution in [0.5, 0.6) is 0 Å². The van der Waals surface area contributed by atoms with Gasteiger partial charge in [-0.2, -0.15) is 4.20 Å². The van der Waals surface area contributed by atoms with Crippen molar-refractivity contribution in [1.82, 2.24) is 0 Å². The maximum Gasteiger partial charge on any atom is 0.367 e. The summed E-state index contributed by atoms with van der Waals surface area (Å²) in [6.07, 6.45) is 3.82. The minimum absolute atomic E-state index is 0.0227. The van der Waals surface area contributed by atoms with E-state index in [2.05, 4.69) is 6.92 Å². The average molecular weight is 210 g/mol. The van der Waals surface area contributed by atoms with E-state index in [1.165, 1.54) is 0 Å². The van der Waals surface area contributed by atoms with E-state index in [0.29, 0.717) is 0 Å². The van der Waals surface area contributed by atoms with E-state index < -0.39 is 7.68 Å². The lowest BCUT2D eigenvalue weighted by Gasteiger charge is -2.14. The van der Waals surface area contributed by atoms with E-state index in [4.69, 9.17) is 4.52 Å². The molecule has 0 amide bonds. The van der Waals surface area contributed by atoms with Crippen LogP contribution in [0.1, 0.15) is 46.5 Å². The average Bonchev–Trinajstić information content (AvgIpc) is 2.04. The Morgan fingerprint density at radius 3 is 2.46 bits per heavy atom. The van der Waals surface area contributed by atoms with Gasteiger partial charge in [-0.3, -0.25) is 4.57 Å². The van der Waals surface area contributed by atoms with E-state index in [1.807, 2.05) is 0 Å². The van der Waals surface area contributed by atoms with Crippen molar-refractivity contribution < 1.29 is 13.3 Å². The summed E-state index contributed by atoms with van der Waals surface area (Å²) in [5, 5.41) is 0. The largest absolute Gasteiger partial charge is 0.367 e. The van der Waals surface area contributed by atoms with E-state index in [-0.39, 0.29) is 12.3 Å². The van der Waals surface area contributed by atoms with Gasteiger partial charge in [0.25, 0.3) is 0 Å². The van der Waals surface area contributed by atoms with Crippen molar-refractivity contribution >= 4 is 7.68 Å². The van der Waals surface area contributed by atoms with Crippen molar-refractivity contribution in [2.75, 3.05) is 6.16 Å². The molecular weight excluding hydrogens is 190 g/mol. The molecule has 0 aromatic rings. The van der Waals surface area contributed by atoms with Crippen LogP contribution in [0.25, 0.3) is 0 Å². The minimum Gasteiger partial charge on any atom is -0.302 e. The fraction of sp³-hybridized carbons (Fsp3) is 1.00. The van der Waals surface area contributed by atoms with E-state index in [0.717, 1.165) is 25.7 Å². The first kappa shape index (κ1) is 13.1. The molecule has 80 valence electrons. The van der Waals surface area contributed by atoms with Crippen LogP contribution in [0.2, 0.25) is 0 Å². The quantitative estimate of drug-likeness (QED) is 0.466. The summed E-state index contributed by atoms with van der Waals surface area (Å²) in [6, 6.07) is 0. The zero-order valence-corrected chi connectivity index (χ0v) is 9.65. The molecule has 0 rings (SSSR count). The van der Waals surface area contributed by atoms with Crippen molar-refractivity contribution in [3.63, 3.8) is 0 Å². The Balaban J connectivity index is 3.61. The molecule has 2 atom stereocenters. The molecule has 2 nitrogen and oxygen atoms in total. The van der Waals surface area contributed by atoms with Crippen LogP contribution >= 0.6 is 7.68 Å². The lowest BCUT2D eigenvalue weighted by molar-refractivity contribution is 0.193. The van der Waals surface area contributed by atoms with Crippen LogP contribution in [0.15, 0.2) is 0 Å². The lowest BCUT2D eigenvalue weighted by atomic mass is 10.1. The number of halogens is 1. The Hall–Kier alpha value is 0.120. The molecule has 0 saturated carbocycles. The molecule has 4 heteroatoms. The number of hydrogen-bond acceptors (Lipinski definition) is 2. The Morgan fingerprint density at radius 2 is 2.00 bits per heavy atom. The van der Waals surface area contributed by atoms with E-state index >= 15 is 0 Å². The third-order valence-electron chi connectivity index (χ3n) is 1.93. The maximum atomic E-state index is 12.9. The minimum atomic E-state index is -3.78. The highest BCUT2D eigenvalue weighted by molar-refractivity contribution is 7.53. The smallest absolute Gasteiger partial charge is 0.302 e. The highest BCUT2D eigenvalue weighted by Gasteiger charge is 2.21. The molecule has 0 aromatic heterocycles. The van der Waals surface area contributed by atoms with Gasteiger partial charge in [0.05, 0.1) is 12.3 Å². The van der Waals surface area contributed by atoms with Gasteiger partial charge in [0.2, 0.25) is 0 Å². The molecule has 0 aromatic carbocycles. The topological polar surface area (TPSA) is 26.3 Å². The number of unbranched alkanes of at least 4 members (excludes halogenated alkanes) is 2. The molecule has 0 aliphatic heterocycles. The summed E-state index contributed by atoms with van der Waals surface area (Å²) in [5.74, 6) is 0. The van der Waals surface area contributed by atoms with Gasteiger partial charge in [0, 0.05) is 0 Å². The Bertz CT molecular complexity index is 173. The fourth-order valence-corrected chi connectivity index (χ4v) is 1.87. The summed E-state index contributed by atoms with van der Waals surface area (Å²) in [7, 11) is -3.78. The lowest BCUT2D eigenvalue weighted by Crippen LogP contribution is -2.05. The summed E-state index contributed by atoms with van der Waals surface area (Å²) >= 11 is 0. The zero-order valence-electron chi connectivity index (χ0n) is 8.75.